The molecule has 1 aliphatic heterocycles. The van der Waals surface area contributed by atoms with Crippen molar-refractivity contribution in [2.24, 2.45) is 5.73 Å². The van der Waals surface area contributed by atoms with E-state index in [0.29, 0.717) is 5.75 Å². The van der Waals surface area contributed by atoms with Crippen molar-refractivity contribution in [3.05, 3.63) is 59.7 Å². The molecule has 1 heterocycles. The fraction of sp³-hybridized carbons (Fsp3) is 0.458. The predicted molar refractivity (Wildman–Crippen MR) is 119 cm³/mol. The molecule has 1 saturated heterocycles. The molecule has 0 aromatic heterocycles. The van der Waals surface area contributed by atoms with Crippen molar-refractivity contribution in [3.63, 3.8) is 0 Å². The van der Waals surface area contributed by atoms with E-state index in [0.717, 1.165) is 18.5 Å². The highest BCUT2D eigenvalue weighted by Crippen LogP contribution is 2.37. The quantitative estimate of drug-likeness (QED) is 0.597. The van der Waals surface area contributed by atoms with Gasteiger partial charge in [0.25, 0.3) is 0 Å². The first kappa shape index (κ1) is 23.7. The van der Waals surface area contributed by atoms with E-state index in [9.17, 15) is 9.90 Å². The minimum absolute atomic E-state index is 0.160. The average molecular weight is 415 g/mol. The second kappa shape index (κ2) is 11.0. The number of aromatic hydroxyl groups is 2. The van der Waals surface area contributed by atoms with Crippen LogP contribution in [-0.4, -0.2) is 52.4 Å². The molecule has 2 atom stereocenters. The molecule has 0 spiro atoms. The first-order valence-electron chi connectivity index (χ1n) is 10.5. The minimum Gasteiger partial charge on any atom is -0.508 e. The standard InChI is InChI=1S/C15H23NO.C9H11NO3/c1-3-15(9-4-5-10-16(2)12-15)13-7-6-8-14(17)11-13;10-8(9(12)13)5-6-1-3-7(11)4-2-6/h6-8,11,17H,3-5,9-10,12H2,1-2H3;1-4,8,11H,5,10H2,(H,12,13). The minimum atomic E-state index is -1.02. The summed E-state index contributed by atoms with van der Waals surface area (Å²) in [6, 6.07) is 13.3. The lowest BCUT2D eigenvalue weighted by Crippen LogP contribution is -2.37. The van der Waals surface area contributed by atoms with E-state index in [1.165, 1.54) is 43.5 Å². The molecule has 1 aliphatic rings. The molecule has 0 bridgehead atoms. The fourth-order valence-electron chi connectivity index (χ4n) is 4.06. The van der Waals surface area contributed by atoms with E-state index in [1.807, 2.05) is 12.1 Å². The van der Waals surface area contributed by atoms with Crippen LogP contribution in [-0.2, 0) is 16.6 Å². The molecule has 164 valence electrons. The predicted octanol–water partition coefficient (Wildman–Crippen LogP) is 3.50. The number of carboxylic acid groups (broad SMARTS) is 1. The summed E-state index contributed by atoms with van der Waals surface area (Å²) in [4.78, 5) is 12.8. The summed E-state index contributed by atoms with van der Waals surface area (Å²) >= 11 is 0. The second-order valence-electron chi connectivity index (χ2n) is 8.19. The Labute approximate surface area is 179 Å². The number of likely N-dealkylation sites (N-methyl/N-ethyl adjacent to an activating group) is 1. The van der Waals surface area contributed by atoms with Gasteiger partial charge in [0, 0.05) is 12.0 Å². The molecular weight excluding hydrogens is 380 g/mol. The van der Waals surface area contributed by atoms with Crippen molar-refractivity contribution in [1.29, 1.82) is 0 Å². The zero-order valence-electron chi connectivity index (χ0n) is 17.9. The second-order valence-corrected chi connectivity index (χ2v) is 8.19. The molecule has 1 fully saturated rings. The number of nitrogens with two attached hydrogens (primary N) is 1. The molecule has 3 rings (SSSR count). The molecule has 0 aliphatic carbocycles. The number of rotatable bonds is 5. The van der Waals surface area contributed by atoms with E-state index < -0.39 is 12.0 Å². The van der Waals surface area contributed by atoms with Crippen molar-refractivity contribution >= 4 is 5.97 Å². The maximum Gasteiger partial charge on any atom is 0.320 e. The number of hydrogen-bond acceptors (Lipinski definition) is 5. The lowest BCUT2D eigenvalue weighted by Gasteiger charge is -2.35. The smallest absolute Gasteiger partial charge is 0.320 e. The van der Waals surface area contributed by atoms with Gasteiger partial charge in [0.2, 0.25) is 0 Å². The Morgan fingerprint density at radius 2 is 1.83 bits per heavy atom. The van der Waals surface area contributed by atoms with Gasteiger partial charge >= 0.3 is 5.97 Å². The Balaban J connectivity index is 0.000000222. The molecule has 2 aromatic rings. The SMILES string of the molecule is CCC1(c2cccc(O)c2)CCCCN(C)C1.NC(Cc1ccc(O)cc1)C(=O)O. The van der Waals surface area contributed by atoms with Crippen LogP contribution >= 0.6 is 0 Å². The highest BCUT2D eigenvalue weighted by molar-refractivity contribution is 5.73. The first-order chi connectivity index (χ1) is 14.3. The van der Waals surface area contributed by atoms with Crippen LogP contribution in [0.5, 0.6) is 11.5 Å². The van der Waals surface area contributed by atoms with Crippen LogP contribution in [0.4, 0.5) is 0 Å². The van der Waals surface area contributed by atoms with Gasteiger partial charge in [-0.15, -0.1) is 0 Å². The third kappa shape index (κ3) is 6.75. The maximum atomic E-state index is 10.4. The van der Waals surface area contributed by atoms with Gasteiger partial charge in [0.1, 0.15) is 17.5 Å². The van der Waals surface area contributed by atoms with E-state index >= 15 is 0 Å². The van der Waals surface area contributed by atoms with Crippen LogP contribution in [0.1, 0.15) is 43.7 Å². The van der Waals surface area contributed by atoms with Crippen molar-refractivity contribution in [2.45, 2.75) is 50.5 Å². The fourth-order valence-corrected chi connectivity index (χ4v) is 4.06. The topological polar surface area (TPSA) is 107 Å². The van der Waals surface area contributed by atoms with Crippen LogP contribution in [0, 0.1) is 0 Å². The van der Waals surface area contributed by atoms with Gasteiger partial charge in [-0.05, 0) is 74.7 Å². The van der Waals surface area contributed by atoms with Gasteiger partial charge in [-0.3, -0.25) is 4.79 Å². The van der Waals surface area contributed by atoms with Crippen LogP contribution in [0.25, 0.3) is 0 Å². The molecule has 5 N–H and O–H groups in total. The molecule has 2 aromatic carbocycles. The van der Waals surface area contributed by atoms with Crippen LogP contribution in [0.2, 0.25) is 0 Å². The van der Waals surface area contributed by atoms with Crippen LogP contribution in [0.3, 0.4) is 0 Å². The number of carboxylic acids is 1. The maximum absolute atomic E-state index is 10.4. The lowest BCUT2D eigenvalue weighted by molar-refractivity contribution is -0.138. The first-order valence-corrected chi connectivity index (χ1v) is 10.5. The highest BCUT2D eigenvalue weighted by atomic mass is 16.4. The lowest BCUT2D eigenvalue weighted by atomic mass is 9.74. The Morgan fingerprint density at radius 1 is 1.13 bits per heavy atom. The monoisotopic (exact) mass is 414 g/mol. The number of benzene rings is 2. The zero-order chi connectivity index (χ0) is 22.1. The Morgan fingerprint density at radius 3 is 2.43 bits per heavy atom. The van der Waals surface area contributed by atoms with Gasteiger partial charge in [0.05, 0.1) is 0 Å². The van der Waals surface area contributed by atoms with Crippen molar-refractivity contribution in [3.8, 4) is 11.5 Å². The van der Waals surface area contributed by atoms with Gasteiger partial charge in [-0.25, -0.2) is 0 Å². The van der Waals surface area contributed by atoms with Gasteiger partial charge in [-0.2, -0.15) is 0 Å². The Hall–Kier alpha value is -2.57. The van der Waals surface area contributed by atoms with Crippen molar-refractivity contribution < 1.29 is 20.1 Å². The van der Waals surface area contributed by atoms with Gasteiger partial charge in [0.15, 0.2) is 0 Å². The van der Waals surface area contributed by atoms with E-state index in [-0.39, 0.29) is 17.6 Å². The number of carbonyl (C=O) groups is 1. The Bertz CT molecular complexity index is 809. The summed E-state index contributed by atoms with van der Waals surface area (Å²) in [7, 11) is 2.21. The molecule has 30 heavy (non-hydrogen) atoms. The normalized spacial score (nSPS) is 20.5. The number of phenols is 2. The average Bonchev–Trinajstić information content (AvgIpc) is 2.92. The molecular formula is C24H34N2O4. The van der Waals surface area contributed by atoms with E-state index in [4.69, 9.17) is 15.9 Å². The van der Waals surface area contributed by atoms with Crippen LogP contribution in [0.15, 0.2) is 48.5 Å². The van der Waals surface area contributed by atoms with Gasteiger partial charge < -0.3 is 26.0 Å². The summed E-state index contributed by atoms with van der Waals surface area (Å²) in [5.41, 5.74) is 7.65. The number of aliphatic carboxylic acids is 1. The van der Waals surface area contributed by atoms with Crippen molar-refractivity contribution in [2.75, 3.05) is 20.1 Å². The van der Waals surface area contributed by atoms with Crippen molar-refractivity contribution in [1.82, 2.24) is 4.90 Å². The molecule has 6 heteroatoms. The van der Waals surface area contributed by atoms with Gasteiger partial charge in [-0.1, -0.05) is 37.6 Å². The molecule has 2 unspecified atom stereocenters. The Kier molecular flexibility index (Phi) is 8.69. The summed E-state index contributed by atoms with van der Waals surface area (Å²) in [5.74, 6) is -0.469. The van der Waals surface area contributed by atoms with E-state index in [1.54, 1.807) is 18.2 Å². The summed E-state index contributed by atoms with van der Waals surface area (Å²) < 4.78 is 0. The summed E-state index contributed by atoms with van der Waals surface area (Å²) in [6.45, 7) is 4.57. The number of likely N-dealkylation sites (tertiary alicyclic amines) is 1. The van der Waals surface area contributed by atoms with E-state index in [2.05, 4.69) is 24.9 Å². The molecule has 0 saturated carbocycles. The van der Waals surface area contributed by atoms with Crippen LogP contribution < -0.4 is 5.73 Å². The number of hydrogen-bond donors (Lipinski definition) is 4. The number of nitrogens with zero attached hydrogens (tertiary/aromatic N) is 1. The molecule has 6 nitrogen and oxygen atoms in total. The highest BCUT2D eigenvalue weighted by Gasteiger charge is 2.33. The third-order valence-electron chi connectivity index (χ3n) is 5.86. The summed E-state index contributed by atoms with van der Waals surface area (Å²) in [6.07, 6.45) is 5.22. The zero-order valence-corrected chi connectivity index (χ0v) is 17.9. The third-order valence-corrected chi connectivity index (χ3v) is 5.86. The summed E-state index contributed by atoms with van der Waals surface area (Å²) in [5, 5.41) is 27.2. The molecule has 0 amide bonds. The molecule has 0 radical (unpaired) electrons. The number of phenolic OH excluding ortho intramolecular Hbond substituents is 2. The largest absolute Gasteiger partial charge is 0.508 e.